The average molecular weight is 205 g/mol. The number of rotatable bonds is 2. The van der Waals surface area contributed by atoms with Crippen molar-refractivity contribution in [3.63, 3.8) is 0 Å². The first kappa shape index (κ1) is 9.78. The molecule has 66 valence electrons. The smallest absolute Gasteiger partial charge is 0.135 e. The van der Waals surface area contributed by atoms with Crippen LogP contribution in [0.15, 0.2) is 6.07 Å². The molecule has 1 heterocycles. The number of nitrogens with zero attached hydrogens (tertiary/aromatic N) is 1. The summed E-state index contributed by atoms with van der Waals surface area (Å²) in [7, 11) is 1.86. The van der Waals surface area contributed by atoms with Gasteiger partial charge in [-0.2, -0.15) is 0 Å². The van der Waals surface area contributed by atoms with E-state index in [0.717, 1.165) is 11.1 Å². The lowest BCUT2D eigenvalue weighted by Gasteiger charge is -2.04. The third-order valence-corrected chi connectivity index (χ3v) is 2.25. The number of hydrogen-bond donors (Lipinski definition) is 1. The van der Waals surface area contributed by atoms with Crippen LogP contribution in [0.3, 0.4) is 0 Å². The van der Waals surface area contributed by atoms with E-state index in [0.29, 0.717) is 16.9 Å². The summed E-state index contributed by atoms with van der Waals surface area (Å²) < 4.78 is 0. The fourth-order valence-electron chi connectivity index (χ4n) is 0.941. The Kier molecular flexibility index (Phi) is 3.32. The van der Waals surface area contributed by atoms with Crippen molar-refractivity contribution in [3.05, 3.63) is 27.5 Å². The molecule has 0 atom stereocenters. The minimum Gasteiger partial charge on any atom is -0.316 e. The van der Waals surface area contributed by atoms with E-state index in [-0.39, 0.29) is 0 Å². The summed E-state index contributed by atoms with van der Waals surface area (Å²) in [6.45, 7) is 2.62. The van der Waals surface area contributed by atoms with Crippen molar-refractivity contribution in [1.29, 1.82) is 0 Å². The summed E-state index contributed by atoms with van der Waals surface area (Å²) in [6, 6.07) is 1.94. The van der Waals surface area contributed by atoms with Crippen molar-refractivity contribution >= 4 is 23.2 Å². The highest BCUT2D eigenvalue weighted by atomic mass is 35.5. The van der Waals surface area contributed by atoms with Crippen LogP contribution in [0.5, 0.6) is 0 Å². The Morgan fingerprint density at radius 3 is 2.67 bits per heavy atom. The molecule has 2 nitrogen and oxygen atoms in total. The molecular weight excluding hydrogens is 195 g/mol. The van der Waals surface area contributed by atoms with Gasteiger partial charge in [0.25, 0.3) is 0 Å². The SMILES string of the molecule is CNCc1cc(C)c(Cl)nc1Cl. The average Bonchev–Trinajstić information content (AvgIpc) is 2.01. The van der Waals surface area contributed by atoms with Gasteiger partial charge in [-0.3, -0.25) is 0 Å². The van der Waals surface area contributed by atoms with E-state index in [2.05, 4.69) is 10.3 Å². The number of aryl methyl sites for hydroxylation is 1. The Bertz CT molecular complexity index is 287. The van der Waals surface area contributed by atoms with Gasteiger partial charge in [0, 0.05) is 12.1 Å². The minimum absolute atomic E-state index is 0.472. The molecule has 1 aromatic heterocycles. The fraction of sp³-hybridized carbons (Fsp3) is 0.375. The van der Waals surface area contributed by atoms with Crippen molar-refractivity contribution < 1.29 is 0 Å². The van der Waals surface area contributed by atoms with E-state index in [1.807, 2.05) is 20.0 Å². The zero-order chi connectivity index (χ0) is 9.14. The largest absolute Gasteiger partial charge is 0.316 e. The van der Waals surface area contributed by atoms with Gasteiger partial charge in [0.2, 0.25) is 0 Å². The molecule has 1 rings (SSSR count). The lowest BCUT2D eigenvalue weighted by molar-refractivity contribution is 0.812. The monoisotopic (exact) mass is 204 g/mol. The lowest BCUT2D eigenvalue weighted by atomic mass is 10.2. The highest BCUT2D eigenvalue weighted by Gasteiger charge is 2.04. The summed E-state index contributed by atoms with van der Waals surface area (Å²) in [5, 5.41) is 3.95. The number of halogens is 2. The third kappa shape index (κ3) is 2.09. The quantitative estimate of drug-likeness (QED) is 0.750. The van der Waals surface area contributed by atoms with Crippen LogP contribution in [0, 0.1) is 6.92 Å². The van der Waals surface area contributed by atoms with Crippen LogP contribution in [0.4, 0.5) is 0 Å². The Morgan fingerprint density at radius 2 is 2.08 bits per heavy atom. The molecule has 0 saturated carbocycles. The second kappa shape index (κ2) is 4.08. The Morgan fingerprint density at radius 1 is 1.42 bits per heavy atom. The molecule has 0 amide bonds. The van der Waals surface area contributed by atoms with E-state index in [1.165, 1.54) is 0 Å². The van der Waals surface area contributed by atoms with Gasteiger partial charge >= 0.3 is 0 Å². The minimum atomic E-state index is 0.472. The Labute approximate surface area is 81.9 Å². The molecule has 1 aromatic rings. The molecule has 0 aliphatic heterocycles. The number of pyridine rings is 1. The molecule has 0 aliphatic rings. The fourth-order valence-corrected chi connectivity index (χ4v) is 1.33. The first-order valence-electron chi connectivity index (χ1n) is 3.61. The van der Waals surface area contributed by atoms with Crippen molar-refractivity contribution in [1.82, 2.24) is 10.3 Å². The summed E-state index contributed by atoms with van der Waals surface area (Å²) in [5.74, 6) is 0. The molecule has 4 heteroatoms. The standard InChI is InChI=1S/C8H10Cl2N2/c1-5-3-6(4-11-2)8(10)12-7(5)9/h3,11H,4H2,1-2H3. The maximum atomic E-state index is 5.84. The number of aromatic nitrogens is 1. The van der Waals surface area contributed by atoms with Crippen LogP contribution < -0.4 is 5.32 Å². The van der Waals surface area contributed by atoms with Gasteiger partial charge in [-0.05, 0) is 25.6 Å². The Balaban J connectivity index is 3.05. The highest BCUT2D eigenvalue weighted by molar-refractivity contribution is 6.33. The van der Waals surface area contributed by atoms with Crippen LogP contribution in [0.25, 0.3) is 0 Å². The van der Waals surface area contributed by atoms with Gasteiger partial charge in [-0.15, -0.1) is 0 Å². The van der Waals surface area contributed by atoms with Gasteiger partial charge in [0.15, 0.2) is 0 Å². The second-order valence-corrected chi connectivity index (χ2v) is 3.29. The van der Waals surface area contributed by atoms with Gasteiger partial charge in [0.05, 0.1) is 0 Å². The zero-order valence-corrected chi connectivity index (χ0v) is 8.50. The molecule has 1 N–H and O–H groups in total. The molecule has 0 bridgehead atoms. The van der Waals surface area contributed by atoms with Crippen LogP contribution in [-0.2, 0) is 6.54 Å². The number of nitrogens with one attached hydrogen (secondary N) is 1. The third-order valence-electron chi connectivity index (χ3n) is 1.54. The first-order chi connectivity index (χ1) is 5.65. The normalized spacial score (nSPS) is 10.3. The summed E-state index contributed by atoms with van der Waals surface area (Å²) >= 11 is 11.6. The van der Waals surface area contributed by atoms with E-state index in [4.69, 9.17) is 23.2 Å². The van der Waals surface area contributed by atoms with E-state index in [9.17, 15) is 0 Å². The summed E-state index contributed by atoms with van der Waals surface area (Å²) in [4.78, 5) is 3.98. The van der Waals surface area contributed by atoms with Crippen molar-refractivity contribution in [2.75, 3.05) is 7.05 Å². The van der Waals surface area contributed by atoms with Gasteiger partial charge in [-0.25, -0.2) is 4.98 Å². The Hall–Kier alpha value is -0.310. The molecule has 0 saturated heterocycles. The van der Waals surface area contributed by atoms with Crippen molar-refractivity contribution in [2.45, 2.75) is 13.5 Å². The van der Waals surface area contributed by atoms with Crippen LogP contribution in [0.1, 0.15) is 11.1 Å². The summed E-state index contributed by atoms with van der Waals surface area (Å²) in [6.07, 6.45) is 0. The van der Waals surface area contributed by atoms with E-state index >= 15 is 0 Å². The lowest BCUT2D eigenvalue weighted by Crippen LogP contribution is -2.06. The van der Waals surface area contributed by atoms with Crippen LogP contribution in [0.2, 0.25) is 10.3 Å². The number of hydrogen-bond acceptors (Lipinski definition) is 2. The predicted octanol–water partition coefficient (Wildman–Crippen LogP) is 2.42. The molecule has 0 unspecified atom stereocenters. The zero-order valence-electron chi connectivity index (χ0n) is 6.99. The molecule has 0 spiro atoms. The van der Waals surface area contributed by atoms with Crippen molar-refractivity contribution in [3.8, 4) is 0 Å². The second-order valence-electron chi connectivity index (χ2n) is 2.58. The van der Waals surface area contributed by atoms with Gasteiger partial charge in [-0.1, -0.05) is 23.2 Å². The van der Waals surface area contributed by atoms with Crippen molar-refractivity contribution in [2.24, 2.45) is 0 Å². The van der Waals surface area contributed by atoms with Gasteiger partial charge in [0.1, 0.15) is 10.3 Å². The molecule has 0 fully saturated rings. The molecule has 0 aromatic carbocycles. The summed E-state index contributed by atoms with van der Waals surface area (Å²) in [5.41, 5.74) is 1.92. The highest BCUT2D eigenvalue weighted by Crippen LogP contribution is 2.20. The van der Waals surface area contributed by atoms with E-state index < -0.39 is 0 Å². The molecule has 0 radical (unpaired) electrons. The molecule has 12 heavy (non-hydrogen) atoms. The maximum absolute atomic E-state index is 5.84. The molecule has 0 aliphatic carbocycles. The predicted molar refractivity (Wildman–Crippen MR) is 51.8 cm³/mol. The maximum Gasteiger partial charge on any atom is 0.135 e. The van der Waals surface area contributed by atoms with Crippen LogP contribution >= 0.6 is 23.2 Å². The van der Waals surface area contributed by atoms with Gasteiger partial charge < -0.3 is 5.32 Å². The molecular formula is C8H10Cl2N2. The van der Waals surface area contributed by atoms with Crippen LogP contribution in [-0.4, -0.2) is 12.0 Å². The van der Waals surface area contributed by atoms with E-state index in [1.54, 1.807) is 0 Å². The topological polar surface area (TPSA) is 24.9 Å². The first-order valence-corrected chi connectivity index (χ1v) is 4.37.